The van der Waals surface area contributed by atoms with E-state index in [4.69, 9.17) is 11.2 Å². The monoisotopic (exact) mass is 312 g/mol. The number of aromatic nitrogens is 1. The topological polar surface area (TPSA) is 64.4 Å². The highest BCUT2D eigenvalue weighted by Crippen LogP contribution is 2.33. The Labute approximate surface area is 123 Å². The van der Waals surface area contributed by atoms with Crippen LogP contribution in [0.25, 0.3) is 11.1 Å². The number of hydrogen-bond donors (Lipinski definition) is 1. The molecule has 5 nitrogen and oxygen atoms in total. The molecule has 0 aliphatic rings. The summed E-state index contributed by atoms with van der Waals surface area (Å²) in [7, 11) is 0. The van der Waals surface area contributed by atoms with Crippen LogP contribution in [0.4, 0.5) is 18.9 Å². The minimum atomic E-state index is -4.69. The van der Waals surface area contributed by atoms with Crippen molar-refractivity contribution in [2.24, 2.45) is 0 Å². The van der Waals surface area contributed by atoms with Crippen LogP contribution in [0.1, 0.15) is 12.3 Å². The number of hydrogen-bond acceptors (Lipinski definition) is 4. The Morgan fingerprint density at radius 3 is 2.91 bits per heavy atom. The number of ether oxygens (including phenoxy) is 1. The van der Waals surface area contributed by atoms with Gasteiger partial charge in [0.25, 0.3) is 0 Å². The molecule has 0 fully saturated rings. The normalized spacial score (nSPS) is 11.4. The Morgan fingerprint density at radius 2 is 2.23 bits per heavy atom. The van der Waals surface area contributed by atoms with Crippen molar-refractivity contribution < 1.29 is 27.1 Å². The quantitative estimate of drug-likeness (QED) is 0.681. The van der Waals surface area contributed by atoms with E-state index in [0.29, 0.717) is 0 Å². The maximum Gasteiger partial charge on any atom is 0.468 e. The van der Waals surface area contributed by atoms with Crippen molar-refractivity contribution in [2.45, 2.75) is 12.6 Å². The highest BCUT2D eigenvalue weighted by Gasteiger charge is 2.37. The summed E-state index contributed by atoms with van der Waals surface area (Å²) in [6.07, 6.45) is 0.307. The highest BCUT2D eigenvalue weighted by atomic mass is 19.4. The number of amides is 1. The minimum absolute atomic E-state index is 0.0159. The van der Waals surface area contributed by atoms with Crippen molar-refractivity contribution in [3.8, 4) is 12.3 Å². The van der Waals surface area contributed by atoms with Crippen LogP contribution in [0.2, 0.25) is 0 Å². The van der Waals surface area contributed by atoms with Gasteiger partial charge in [-0.15, -0.1) is 6.42 Å². The van der Waals surface area contributed by atoms with Gasteiger partial charge in [0.1, 0.15) is 12.1 Å². The Balaban J connectivity index is 2.13. The number of nitrogens with one attached hydrogen (secondary N) is 1. The molecule has 0 spiro atoms. The first kappa shape index (κ1) is 15.9. The van der Waals surface area contributed by atoms with Crippen LogP contribution >= 0.6 is 0 Å². The van der Waals surface area contributed by atoms with Crippen LogP contribution in [0.5, 0.6) is 0 Å². The van der Waals surface area contributed by atoms with Gasteiger partial charge in [-0.2, -0.15) is 13.2 Å². The number of alkyl halides is 3. The maximum absolute atomic E-state index is 12.6. The van der Waals surface area contributed by atoms with Gasteiger partial charge in [-0.1, -0.05) is 12.0 Å². The number of anilines is 1. The van der Waals surface area contributed by atoms with Gasteiger partial charge < -0.3 is 14.5 Å². The van der Waals surface area contributed by atoms with E-state index in [1.54, 1.807) is 0 Å². The van der Waals surface area contributed by atoms with Crippen molar-refractivity contribution >= 4 is 22.7 Å². The second-order valence-electron chi connectivity index (χ2n) is 4.22. The first-order valence-corrected chi connectivity index (χ1v) is 6.19. The second-order valence-corrected chi connectivity index (χ2v) is 4.22. The molecule has 0 atom stereocenters. The van der Waals surface area contributed by atoms with Gasteiger partial charge in [0.05, 0.1) is 18.7 Å². The van der Waals surface area contributed by atoms with Crippen LogP contribution in [0.15, 0.2) is 22.6 Å². The molecular weight excluding hydrogens is 301 g/mol. The lowest BCUT2D eigenvalue weighted by Crippen LogP contribution is -2.14. The average molecular weight is 312 g/mol. The fraction of sp³-hybridized carbons (Fsp3) is 0.286. The molecule has 0 bridgehead atoms. The molecule has 1 N–H and O–H groups in total. The number of para-hydroxylation sites is 1. The molecule has 0 saturated carbocycles. The molecule has 8 heteroatoms. The molecule has 1 aromatic heterocycles. The van der Waals surface area contributed by atoms with Crippen molar-refractivity contribution in [1.29, 1.82) is 0 Å². The first-order chi connectivity index (χ1) is 10.4. The molecule has 0 aliphatic heterocycles. The molecule has 0 radical (unpaired) electrons. The van der Waals surface area contributed by atoms with E-state index < -0.39 is 18.0 Å². The number of halogens is 3. The number of nitrogens with zero attached hydrogens (tertiary/aromatic N) is 1. The Kier molecular flexibility index (Phi) is 4.68. The maximum atomic E-state index is 12.6. The lowest BCUT2D eigenvalue weighted by atomic mass is 10.2. The summed E-state index contributed by atoms with van der Waals surface area (Å²) in [6, 6.07) is 4.23. The number of carbonyl (C=O) groups is 1. The molecule has 1 heterocycles. The third kappa shape index (κ3) is 3.77. The van der Waals surface area contributed by atoms with Crippen LogP contribution in [-0.2, 0) is 15.7 Å². The number of carbonyl (C=O) groups excluding carboxylic acids is 1. The zero-order chi connectivity index (χ0) is 16.2. The zero-order valence-corrected chi connectivity index (χ0v) is 11.2. The summed E-state index contributed by atoms with van der Waals surface area (Å²) in [4.78, 5) is 15.1. The molecule has 2 rings (SSSR count). The summed E-state index contributed by atoms with van der Waals surface area (Å²) < 4.78 is 47.3. The van der Waals surface area contributed by atoms with E-state index in [9.17, 15) is 18.0 Å². The van der Waals surface area contributed by atoms with Crippen LogP contribution in [0, 0.1) is 12.3 Å². The standard InChI is InChI=1S/C14H11F3N2O3/c1-2-7-21-8-6-11(20)18-9-4-3-5-10-12(9)19-13(22-10)14(15,16)17/h1,3-5H,6-8H2,(H,18,20). The average Bonchev–Trinajstić information content (AvgIpc) is 2.89. The van der Waals surface area contributed by atoms with Gasteiger partial charge in [-0.3, -0.25) is 4.79 Å². The number of rotatable bonds is 5. The number of oxazole rings is 1. The van der Waals surface area contributed by atoms with Crippen molar-refractivity contribution in [3.05, 3.63) is 24.1 Å². The number of fused-ring (bicyclic) bond motifs is 1. The SMILES string of the molecule is C#CCOCCC(=O)Nc1cccc2oc(C(F)(F)F)nc12. The largest absolute Gasteiger partial charge is 0.468 e. The van der Waals surface area contributed by atoms with E-state index in [0.717, 1.165) is 0 Å². The smallest absolute Gasteiger partial charge is 0.433 e. The lowest BCUT2D eigenvalue weighted by molar-refractivity contribution is -0.156. The first-order valence-electron chi connectivity index (χ1n) is 6.19. The Hall–Kier alpha value is -2.53. The molecular formula is C14H11F3N2O3. The summed E-state index contributed by atoms with van der Waals surface area (Å²) >= 11 is 0. The van der Waals surface area contributed by atoms with Gasteiger partial charge in [0, 0.05) is 0 Å². The zero-order valence-electron chi connectivity index (χ0n) is 11.2. The molecule has 1 aromatic carbocycles. The fourth-order valence-corrected chi connectivity index (χ4v) is 1.68. The predicted molar refractivity (Wildman–Crippen MR) is 71.9 cm³/mol. The molecule has 0 unspecified atom stereocenters. The Morgan fingerprint density at radius 1 is 1.45 bits per heavy atom. The Bertz CT molecular complexity index is 716. The number of terminal acetylenes is 1. The summed E-state index contributed by atoms with van der Waals surface area (Å²) in [5.74, 6) is 0.460. The molecule has 22 heavy (non-hydrogen) atoms. The summed E-state index contributed by atoms with van der Waals surface area (Å²) in [5.41, 5.74) is 0.0140. The molecule has 0 saturated heterocycles. The van der Waals surface area contributed by atoms with Crippen LogP contribution < -0.4 is 5.32 Å². The lowest BCUT2D eigenvalue weighted by Gasteiger charge is -2.05. The van der Waals surface area contributed by atoms with Gasteiger partial charge in [-0.25, -0.2) is 4.98 Å². The minimum Gasteiger partial charge on any atom is -0.433 e. The number of benzene rings is 1. The summed E-state index contributed by atoms with van der Waals surface area (Å²) in [6.45, 7) is 0.194. The van der Waals surface area contributed by atoms with E-state index in [1.807, 2.05) is 0 Å². The summed E-state index contributed by atoms with van der Waals surface area (Å²) in [5, 5.41) is 2.47. The van der Waals surface area contributed by atoms with Crippen LogP contribution in [0.3, 0.4) is 0 Å². The van der Waals surface area contributed by atoms with Gasteiger partial charge >= 0.3 is 12.1 Å². The van der Waals surface area contributed by atoms with E-state index in [2.05, 4.69) is 20.6 Å². The highest BCUT2D eigenvalue weighted by molar-refractivity contribution is 5.98. The fourth-order valence-electron chi connectivity index (χ4n) is 1.68. The molecule has 2 aromatic rings. The van der Waals surface area contributed by atoms with Crippen molar-refractivity contribution in [3.63, 3.8) is 0 Å². The van der Waals surface area contributed by atoms with E-state index in [-0.39, 0.29) is 36.4 Å². The van der Waals surface area contributed by atoms with E-state index >= 15 is 0 Å². The predicted octanol–water partition coefficient (Wildman–Crippen LogP) is 2.83. The second kappa shape index (κ2) is 6.49. The third-order valence-corrected chi connectivity index (χ3v) is 2.59. The van der Waals surface area contributed by atoms with Crippen molar-refractivity contribution in [1.82, 2.24) is 4.98 Å². The van der Waals surface area contributed by atoms with Gasteiger partial charge in [0.2, 0.25) is 5.91 Å². The van der Waals surface area contributed by atoms with E-state index in [1.165, 1.54) is 18.2 Å². The third-order valence-electron chi connectivity index (χ3n) is 2.59. The van der Waals surface area contributed by atoms with Crippen LogP contribution in [-0.4, -0.2) is 24.1 Å². The molecule has 116 valence electrons. The van der Waals surface area contributed by atoms with Crippen molar-refractivity contribution in [2.75, 3.05) is 18.5 Å². The molecule has 1 amide bonds. The molecule has 0 aliphatic carbocycles. The van der Waals surface area contributed by atoms with Gasteiger partial charge in [0.15, 0.2) is 5.58 Å². The van der Waals surface area contributed by atoms with Gasteiger partial charge in [-0.05, 0) is 12.1 Å².